The Morgan fingerprint density at radius 2 is 1.83 bits per heavy atom. The molecular weight excluding hydrogens is 346 g/mol. The maximum absolute atomic E-state index is 12.3. The van der Waals surface area contributed by atoms with Gasteiger partial charge in [-0.3, -0.25) is 0 Å². The van der Waals surface area contributed by atoms with Crippen LogP contribution in [-0.4, -0.2) is 26.5 Å². The Hall–Kier alpha value is -0.430. The lowest BCUT2D eigenvalue weighted by Crippen LogP contribution is -2.26. The first-order valence-electron chi connectivity index (χ1n) is 7.93. The summed E-state index contributed by atoms with van der Waals surface area (Å²) < 4.78 is 28.7. The molecule has 23 heavy (non-hydrogen) atoms. The highest BCUT2D eigenvalue weighted by atomic mass is 32.2. The smallest absolute Gasteiger partial charge is 0.211 e. The number of nitrogens with one attached hydrogen (secondary N) is 1. The van der Waals surface area contributed by atoms with E-state index in [0.717, 1.165) is 12.0 Å². The van der Waals surface area contributed by atoms with E-state index in [0.29, 0.717) is 17.4 Å². The Labute approximate surface area is 148 Å². The largest absolute Gasteiger partial charge is 0.240 e. The number of rotatable bonds is 6. The zero-order chi connectivity index (χ0) is 16.9. The number of thioether (sulfide) groups is 2. The fourth-order valence-corrected chi connectivity index (χ4v) is 6.16. The molecule has 0 aliphatic carbocycles. The SMILES string of the molecule is CC(=C1SCCCS1)C(C)CCNS(=O)(=O)c1ccc(C)cc1. The van der Waals surface area contributed by atoms with Gasteiger partial charge >= 0.3 is 0 Å². The third-order valence-corrected chi connectivity index (χ3v) is 8.35. The van der Waals surface area contributed by atoms with Gasteiger partial charge in [0.25, 0.3) is 0 Å². The van der Waals surface area contributed by atoms with Gasteiger partial charge in [-0.05, 0) is 56.2 Å². The van der Waals surface area contributed by atoms with E-state index in [4.69, 9.17) is 0 Å². The summed E-state index contributed by atoms with van der Waals surface area (Å²) in [6.07, 6.45) is 2.10. The van der Waals surface area contributed by atoms with Gasteiger partial charge in [-0.25, -0.2) is 13.1 Å². The molecule has 1 aromatic rings. The molecule has 0 amide bonds. The molecule has 3 nitrogen and oxygen atoms in total. The highest BCUT2D eigenvalue weighted by Gasteiger charge is 2.17. The van der Waals surface area contributed by atoms with Crippen molar-refractivity contribution >= 4 is 33.5 Å². The maximum Gasteiger partial charge on any atom is 0.240 e. The summed E-state index contributed by atoms with van der Waals surface area (Å²) in [6, 6.07) is 6.96. The number of sulfonamides is 1. The van der Waals surface area contributed by atoms with Crippen LogP contribution in [0.3, 0.4) is 0 Å². The van der Waals surface area contributed by atoms with Crippen LogP contribution in [0.5, 0.6) is 0 Å². The maximum atomic E-state index is 12.3. The van der Waals surface area contributed by atoms with Gasteiger partial charge in [-0.15, -0.1) is 23.5 Å². The molecule has 0 spiro atoms. The van der Waals surface area contributed by atoms with Crippen molar-refractivity contribution in [1.29, 1.82) is 0 Å². The molecule has 0 bridgehead atoms. The topological polar surface area (TPSA) is 46.2 Å². The second-order valence-corrected chi connectivity index (χ2v) is 10.2. The third kappa shape index (κ3) is 5.55. The molecule has 6 heteroatoms. The number of benzene rings is 1. The van der Waals surface area contributed by atoms with E-state index >= 15 is 0 Å². The van der Waals surface area contributed by atoms with Crippen molar-refractivity contribution in [3.05, 3.63) is 39.6 Å². The average molecular weight is 372 g/mol. The lowest BCUT2D eigenvalue weighted by molar-refractivity contribution is 0.561. The minimum atomic E-state index is -3.40. The molecule has 1 saturated heterocycles. The van der Waals surface area contributed by atoms with Crippen LogP contribution in [0.2, 0.25) is 0 Å². The van der Waals surface area contributed by atoms with E-state index in [2.05, 4.69) is 18.6 Å². The molecule has 1 aromatic carbocycles. The molecule has 1 unspecified atom stereocenters. The Balaban J connectivity index is 1.89. The first-order valence-corrected chi connectivity index (χ1v) is 11.4. The van der Waals surface area contributed by atoms with Gasteiger partial charge in [0.05, 0.1) is 4.90 Å². The highest BCUT2D eigenvalue weighted by molar-refractivity contribution is 8.22. The predicted octanol–water partition coefficient (Wildman–Crippen LogP) is 4.40. The Kier molecular flexibility index (Phi) is 7.07. The molecule has 1 heterocycles. The van der Waals surface area contributed by atoms with Crippen LogP contribution in [0.25, 0.3) is 0 Å². The van der Waals surface area contributed by atoms with Crippen LogP contribution in [-0.2, 0) is 10.0 Å². The number of allylic oxidation sites excluding steroid dienone is 1. The normalized spacial score (nSPS) is 17.1. The Morgan fingerprint density at radius 1 is 1.22 bits per heavy atom. The van der Waals surface area contributed by atoms with Gasteiger partial charge in [-0.2, -0.15) is 0 Å². The van der Waals surface area contributed by atoms with Crippen molar-refractivity contribution in [2.24, 2.45) is 5.92 Å². The third-order valence-electron chi connectivity index (χ3n) is 4.02. The van der Waals surface area contributed by atoms with Crippen molar-refractivity contribution in [3.8, 4) is 0 Å². The first-order chi connectivity index (χ1) is 10.9. The van der Waals surface area contributed by atoms with Gasteiger partial charge in [-0.1, -0.05) is 30.2 Å². The van der Waals surface area contributed by atoms with E-state index in [-0.39, 0.29) is 0 Å². The summed E-state index contributed by atoms with van der Waals surface area (Å²) >= 11 is 3.88. The second kappa shape index (κ2) is 8.60. The summed E-state index contributed by atoms with van der Waals surface area (Å²) in [6.45, 7) is 6.78. The molecule has 128 valence electrons. The minimum absolute atomic E-state index is 0.337. The van der Waals surface area contributed by atoms with E-state index in [1.807, 2.05) is 42.6 Å². The van der Waals surface area contributed by atoms with Crippen LogP contribution < -0.4 is 4.72 Å². The summed E-state index contributed by atoms with van der Waals surface area (Å²) in [7, 11) is -3.40. The molecule has 2 rings (SSSR count). The van der Waals surface area contributed by atoms with E-state index in [1.54, 1.807) is 12.1 Å². The number of hydrogen-bond acceptors (Lipinski definition) is 4. The van der Waals surface area contributed by atoms with Gasteiger partial charge in [0.2, 0.25) is 10.0 Å². The van der Waals surface area contributed by atoms with Gasteiger partial charge in [0, 0.05) is 10.8 Å². The first kappa shape index (κ1) is 18.9. The van der Waals surface area contributed by atoms with Gasteiger partial charge < -0.3 is 0 Å². The summed E-state index contributed by atoms with van der Waals surface area (Å²) in [5, 5.41) is 0. The zero-order valence-electron chi connectivity index (χ0n) is 14.0. The lowest BCUT2D eigenvalue weighted by atomic mass is 10.0. The Bertz CT molecular complexity index is 643. The molecule has 1 aliphatic rings. The Morgan fingerprint density at radius 3 is 2.43 bits per heavy atom. The van der Waals surface area contributed by atoms with Crippen LogP contribution >= 0.6 is 23.5 Å². The fraction of sp³-hybridized carbons (Fsp3) is 0.529. The molecular formula is C17H25NO2S3. The summed E-state index contributed by atoms with van der Waals surface area (Å²) in [4.78, 5) is 0.337. The van der Waals surface area contributed by atoms with Crippen molar-refractivity contribution in [3.63, 3.8) is 0 Å². The van der Waals surface area contributed by atoms with Crippen LogP contribution in [0.4, 0.5) is 0 Å². The van der Waals surface area contributed by atoms with Crippen LogP contribution in [0.15, 0.2) is 39.0 Å². The predicted molar refractivity (Wildman–Crippen MR) is 102 cm³/mol. The van der Waals surface area contributed by atoms with Gasteiger partial charge in [0.1, 0.15) is 0 Å². The van der Waals surface area contributed by atoms with Crippen molar-refractivity contribution in [1.82, 2.24) is 4.72 Å². The molecule has 1 fully saturated rings. The standard InChI is InChI=1S/C17H25NO2S3/c1-13-5-7-16(8-6-13)23(19,20)18-10-9-14(2)15(3)17-21-11-4-12-22-17/h5-8,14,18H,4,9-12H2,1-3H3. The molecule has 1 N–H and O–H groups in total. The molecule has 0 saturated carbocycles. The van der Waals surface area contributed by atoms with Gasteiger partial charge in [0.15, 0.2) is 0 Å². The zero-order valence-corrected chi connectivity index (χ0v) is 16.4. The average Bonchev–Trinajstić information content (AvgIpc) is 2.55. The fourth-order valence-electron chi connectivity index (χ4n) is 2.29. The molecule has 1 atom stereocenters. The summed E-state index contributed by atoms with van der Waals surface area (Å²) in [5.74, 6) is 2.79. The van der Waals surface area contributed by atoms with Crippen molar-refractivity contribution in [2.75, 3.05) is 18.1 Å². The van der Waals surface area contributed by atoms with Crippen LogP contribution in [0.1, 0.15) is 32.3 Å². The quantitative estimate of drug-likeness (QED) is 0.805. The minimum Gasteiger partial charge on any atom is -0.211 e. The highest BCUT2D eigenvalue weighted by Crippen LogP contribution is 2.39. The van der Waals surface area contributed by atoms with E-state index < -0.39 is 10.0 Å². The summed E-state index contributed by atoms with van der Waals surface area (Å²) in [5.41, 5.74) is 2.46. The second-order valence-electron chi connectivity index (χ2n) is 5.92. The molecule has 0 aromatic heterocycles. The molecule has 0 radical (unpaired) electrons. The number of hydrogen-bond donors (Lipinski definition) is 1. The van der Waals surface area contributed by atoms with Crippen molar-refractivity contribution < 1.29 is 8.42 Å². The monoisotopic (exact) mass is 371 g/mol. The lowest BCUT2D eigenvalue weighted by Gasteiger charge is -2.20. The number of aryl methyl sites for hydroxylation is 1. The van der Waals surface area contributed by atoms with E-state index in [1.165, 1.54) is 27.7 Å². The van der Waals surface area contributed by atoms with Crippen molar-refractivity contribution in [2.45, 2.75) is 38.5 Å². The van der Waals surface area contributed by atoms with Crippen LogP contribution in [0, 0.1) is 12.8 Å². The molecule has 1 aliphatic heterocycles. The van der Waals surface area contributed by atoms with E-state index in [9.17, 15) is 8.42 Å².